The molecule has 0 bridgehead atoms. The Morgan fingerprint density at radius 2 is 1.74 bits per heavy atom. The smallest absolute Gasteiger partial charge is 0.188 e. The van der Waals surface area contributed by atoms with E-state index in [2.05, 4.69) is 54.5 Å². The highest BCUT2D eigenvalue weighted by Gasteiger charge is 2.19. The van der Waals surface area contributed by atoms with Gasteiger partial charge in [-0.3, -0.25) is 4.98 Å². The van der Waals surface area contributed by atoms with Gasteiger partial charge >= 0.3 is 0 Å². The topological polar surface area (TPSA) is 72.5 Å². The molecule has 0 amide bonds. The Labute approximate surface area is 186 Å². The predicted molar refractivity (Wildman–Crippen MR) is 128 cm³/mol. The summed E-state index contributed by atoms with van der Waals surface area (Å²) in [7, 11) is 2.18. The summed E-state index contributed by atoms with van der Waals surface area (Å²) in [6.07, 6.45) is 5.52. The lowest BCUT2D eigenvalue weighted by Gasteiger charge is -2.35. The van der Waals surface area contributed by atoms with Gasteiger partial charge in [-0.15, -0.1) is 0 Å². The third kappa shape index (κ3) is 4.79. The zero-order valence-corrected chi connectivity index (χ0v) is 18.6. The third-order valence-corrected chi connectivity index (χ3v) is 6.77. The molecule has 0 aromatic carbocycles. The summed E-state index contributed by atoms with van der Waals surface area (Å²) in [6.45, 7) is 8.15. The summed E-state index contributed by atoms with van der Waals surface area (Å²) in [5.41, 5.74) is 2.35. The molecule has 8 nitrogen and oxygen atoms in total. The summed E-state index contributed by atoms with van der Waals surface area (Å²) < 4.78 is 0. The highest BCUT2D eigenvalue weighted by molar-refractivity contribution is 7.18. The molecule has 0 saturated carbocycles. The van der Waals surface area contributed by atoms with Crippen molar-refractivity contribution in [2.45, 2.75) is 0 Å². The second-order valence-corrected chi connectivity index (χ2v) is 9.02. The Morgan fingerprint density at radius 1 is 0.968 bits per heavy atom. The fraction of sp³-hybridized carbons (Fsp3) is 0.409. The highest BCUT2D eigenvalue weighted by atomic mass is 32.1. The van der Waals surface area contributed by atoms with E-state index < -0.39 is 0 Å². The lowest BCUT2D eigenvalue weighted by Crippen LogP contribution is -2.45. The minimum Gasteiger partial charge on any atom is -0.369 e. The van der Waals surface area contributed by atoms with E-state index in [1.54, 1.807) is 11.3 Å². The van der Waals surface area contributed by atoms with Gasteiger partial charge in [-0.1, -0.05) is 11.3 Å². The number of piperazine rings is 2. The zero-order valence-electron chi connectivity index (χ0n) is 17.8. The molecule has 5 rings (SSSR count). The molecule has 2 fully saturated rings. The number of nitrogens with zero attached hydrogens (tertiary/aromatic N) is 6. The van der Waals surface area contributed by atoms with Crippen LogP contribution in [-0.4, -0.2) is 79.3 Å². The number of hydrogen-bond donors (Lipinski definition) is 2. The molecule has 0 spiro atoms. The molecule has 0 radical (unpaired) electrons. The maximum Gasteiger partial charge on any atom is 0.188 e. The van der Waals surface area contributed by atoms with E-state index in [1.165, 1.54) is 5.69 Å². The van der Waals surface area contributed by atoms with Gasteiger partial charge in [-0.2, -0.15) is 0 Å². The average Bonchev–Trinajstić information content (AvgIpc) is 3.29. The molecular formula is C22H28N8S. The number of pyridine rings is 2. The van der Waals surface area contributed by atoms with Crippen molar-refractivity contribution in [3.8, 4) is 10.4 Å². The molecule has 31 heavy (non-hydrogen) atoms. The van der Waals surface area contributed by atoms with Gasteiger partial charge in [0.2, 0.25) is 0 Å². The summed E-state index contributed by atoms with van der Waals surface area (Å²) in [6, 6.07) is 8.41. The van der Waals surface area contributed by atoms with Crippen LogP contribution in [0.25, 0.3) is 10.4 Å². The van der Waals surface area contributed by atoms with Gasteiger partial charge < -0.3 is 25.3 Å². The van der Waals surface area contributed by atoms with Crippen molar-refractivity contribution in [3.63, 3.8) is 0 Å². The number of nitrogens with one attached hydrogen (secondary N) is 2. The first-order valence-corrected chi connectivity index (χ1v) is 11.6. The number of likely N-dealkylation sites (N-methyl/N-ethyl adjacent to an activating group) is 1. The van der Waals surface area contributed by atoms with Crippen LogP contribution in [0.1, 0.15) is 0 Å². The molecular weight excluding hydrogens is 408 g/mol. The SMILES string of the molecule is CN1CCN(c2cc(N3CCNCC3)cc(Nc3ncc(-c4ccncc4)s3)n2)CC1. The van der Waals surface area contributed by atoms with Crippen LogP contribution >= 0.6 is 11.3 Å². The molecule has 9 heteroatoms. The summed E-state index contributed by atoms with van der Waals surface area (Å²) in [5.74, 6) is 1.89. The fourth-order valence-electron chi connectivity index (χ4n) is 3.96. The van der Waals surface area contributed by atoms with E-state index in [9.17, 15) is 0 Å². The number of thiazole rings is 1. The Balaban J connectivity index is 1.41. The standard InChI is InChI=1S/C22H28N8S/c1-28-10-12-30(13-11-28)21-15-18(29-8-6-24-7-9-29)14-20(26-21)27-22-25-16-19(31-22)17-2-4-23-5-3-17/h2-5,14-16,24H,6-13H2,1H3,(H,25,26,27). The first-order chi connectivity index (χ1) is 15.2. The molecule has 3 aromatic rings. The molecule has 2 aliphatic heterocycles. The maximum atomic E-state index is 4.96. The van der Waals surface area contributed by atoms with Crippen LogP contribution in [-0.2, 0) is 0 Å². The fourth-order valence-corrected chi connectivity index (χ4v) is 4.79. The van der Waals surface area contributed by atoms with E-state index in [0.29, 0.717) is 0 Å². The normalized spacial score (nSPS) is 17.7. The quantitative estimate of drug-likeness (QED) is 0.632. The lowest BCUT2D eigenvalue weighted by molar-refractivity contribution is 0.312. The monoisotopic (exact) mass is 436 g/mol. The van der Waals surface area contributed by atoms with Gasteiger partial charge in [0.15, 0.2) is 5.13 Å². The molecule has 162 valence electrons. The van der Waals surface area contributed by atoms with Gasteiger partial charge in [-0.25, -0.2) is 9.97 Å². The van der Waals surface area contributed by atoms with Crippen molar-refractivity contribution < 1.29 is 0 Å². The van der Waals surface area contributed by atoms with Crippen molar-refractivity contribution >= 4 is 33.8 Å². The molecule has 0 unspecified atom stereocenters. The zero-order chi connectivity index (χ0) is 21.0. The minimum atomic E-state index is 0.848. The van der Waals surface area contributed by atoms with Crippen molar-refractivity contribution in [2.75, 3.05) is 74.5 Å². The Bertz CT molecular complexity index is 994. The molecule has 2 N–H and O–H groups in total. The molecule has 3 aromatic heterocycles. The maximum absolute atomic E-state index is 4.96. The summed E-state index contributed by atoms with van der Waals surface area (Å²) in [4.78, 5) is 22.0. The lowest BCUT2D eigenvalue weighted by atomic mass is 10.2. The average molecular weight is 437 g/mol. The number of hydrogen-bond acceptors (Lipinski definition) is 9. The van der Waals surface area contributed by atoms with Crippen molar-refractivity contribution in [2.24, 2.45) is 0 Å². The summed E-state index contributed by atoms with van der Waals surface area (Å²) in [5, 5.41) is 7.75. The minimum absolute atomic E-state index is 0.848. The first kappa shape index (κ1) is 20.2. The van der Waals surface area contributed by atoms with Crippen molar-refractivity contribution in [3.05, 3.63) is 42.9 Å². The molecule has 5 heterocycles. The second-order valence-electron chi connectivity index (χ2n) is 7.99. The first-order valence-electron chi connectivity index (χ1n) is 10.8. The molecule has 0 aliphatic carbocycles. The number of rotatable bonds is 5. The Hall–Kier alpha value is -2.75. The van der Waals surface area contributed by atoms with Crippen LogP contribution in [0.5, 0.6) is 0 Å². The van der Waals surface area contributed by atoms with Gasteiger partial charge in [-0.05, 0) is 24.7 Å². The van der Waals surface area contributed by atoms with E-state index >= 15 is 0 Å². The Kier molecular flexibility index (Phi) is 5.97. The second kappa shape index (κ2) is 9.17. The number of anilines is 4. The van der Waals surface area contributed by atoms with E-state index in [4.69, 9.17) is 4.98 Å². The number of aromatic nitrogens is 3. The molecule has 2 aliphatic rings. The van der Waals surface area contributed by atoms with Gasteiger partial charge in [0.1, 0.15) is 11.6 Å². The summed E-state index contributed by atoms with van der Waals surface area (Å²) >= 11 is 1.63. The third-order valence-electron chi connectivity index (χ3n) is 5.81. The van der Waals surface area contributed by atoms with E-state index in [1.807, 2.05) is 30.7 Å². The van der Waals surface area contributed by atoms with Gasteiger partial charge in [0.25, 0.3) is 0 Å². The van der Waals surface area contributed by atoms with Crippen LogP contribution in [0.4, 0.5) is 22.5 Å². The van der Waals surface area contributed by atoms with Crippen molar-refractivity contribution in [1.82, 2.24) is 25.2 Å². The molecule has 0 atom stereocenters. The largest absolute Gasteiger partial charge is 0.369 e. The Morgan fingerprint density at radius 3 is 2.52 bits per heavy atom. The van der Waals surface area contributed by atoms with E-state index in [-0.39, 0.29) is 0 Å². The van der Waals surface area contributed by atoms with Crippen LogP contribution in [0.3, 0.4) is 0 Å². The van der Waals surface area contributed by atoms with Crippen molar-refractivity contribution in [1.29, 1.82) is 0 Å². The highest BCUT2D eigenvalue weighted by Crippen LogP contribution is 2.32. The van der Waals surface area contributed by atoms with Crippen LogP contribution < -0.4 is 20.4 Å². The van der Waals surface area contributed by atoms with Gasteiger partial charge in [0.05, 0.1) is 4.88 Å². The van der Waals surface area contributed by atoms with Crippen LogP contribution in [0.15, 0.2) is 42.9 Å². The van der Waals surface area contributed by atoms with E-state index in [0.717, 1.165) is 79.6 Å². The molecule has 2 saturated heterocycles. The van der Waals surface area contributed by atoms with Gasteiger partial charge in [0, 0.05) is 88.8 Å². The van der Waals surface area contributed by atoms with Crippen LogP contribution in [0.2, 0.25) is 0 Å². The predicted octanol–water partition coefficient (Wildman–Crippen LogP) is 2.51. The van der Waals surface area contributed by atoms with Crippen LogP contribution in [0, 0.1) is 0 Å².